The van der Waals surface area contributed by atoms with Crippen LogP contribution in [0.5, 0.6) is 0 Å². The van der Waals surface area contributed by atoms with E-state index in [2.05, 4.69) is 20.4 Å². The van der Waals surface area contributed by atoms with E-state index >= 15 is 0 Å². The van der Waals surface area contributed by atoms with E-state index in [1.54, 1.807) is 6.33 Å². The van der Waals surface area contributed by atoms with Gasteiger partial charge in [0.25, 0.3) is 0 Å². The maximum Gasteiger partial charge on any atom is 0.141 e. The molecule has 3 aromatic rings. The number of aromatic nitrogens is 4. The highest BCUT2D eigenvalue weighted by Gasteiger charge is 2.16. The number of nitrogens with one attached hydrogen (secondary N) is 1. The van der Waals surface area contributed by atoms with Crippen molar-refractivity contribution >= 4 is 22.4 Å². The normalized spacial score (nSPS) is 17.9. The third kappa shape index (κ3) is 2.65. The number of para-hydroxylation sites is 1. The third-order valence-corrected chi connectivity index (χ3v) is 3.85. The zero-order valence-corrected chi connectivity index (χ0v) is 12.1. The number of fused-ring (bicyclic) bond motifs is 1. The minimum Gasteiger partial charge on any atom is -0.376 e. The molecule has 2 aromatic heterocycles. The molecule has 0 radical (unpaired) electrons. The second-order valence-electron chi connectivity index (χ2n) is 5.45. The van der Waals surface area contributed by atoms with E-state index in [0.29, 0.717) is 0 Å². The number of rotatable bonds is 4. The van der Waals surface area contributed by atoms with Crippen LogP contribution in [0.4, 0.5) is 11.5 Å². The van der Waals surface area contributed by atoms with Crippen molar-refractivity contribution in [3.05, 3.63) is 43.0 Å². The van der Waals surface area contributed by atoms with Gasteiger partial charge in [-0.3, -0.25) is 4.68 Å². The molecule has 3 heterocycles. The molecule has 1 saturated heterocycles. The molecule has 1 aliphatic heterocycles. The van der Waals surface area contributed by atoms with Gasteiger partial charge in [0.15, 0.2) is 0 Å². The Kier molecular flexibility index (Phi) is 3.44. The Morgan fingerprint density at radius 2 is 2.23 bits per heavy atom. The minimum atomic E-state index is 0.285. The van der Waals surface area contributed by atoms with E-state index in [1.165, 1.54) is 0 Å². The average Bonchev–Trinajstić information content (AvgIpc) is 3.20. The van der Waals surface area contributed by atoms with Crippen molar-refractivity contribution in [1.29, 1.82) is 0 Å². The van der Waals surface area contributed by atoms with Gasteiger partial charge in [-0.1, -0.05) is 12.1 Å². The Labute approximate surface area is 128 Å². The Morgan fingerprint density at radius 3 is 3.14 bits per heavy atom. The first-order valence-electron chi connectivity index (χ1n) is 7.49. The van der Waals surface area contributed by atoms with Crippen molar-refractivity contribution in [3.63, 3.8) is 0 Å². The van der Waals surface area contributed by atoms with Crippen LogP contribution in [0.1, 0.15) is 12.8 Å². The van der Waals surface area contributed by atoms with Crippen LogP contribution in [0.25, 0.3) is 10.9 Å². The van der Waals surface area contributed by atoms with Crippen LogP contribution in [0.15, 0.2) is 43.0 Å². The smallest absolute Gasteiger partial charge is 0.141 e. The highest BCUT2D eigenvalue weighted by molar-refractivity contribution is 5.90. The van der Waals surface area contributed by atoms with Crippen molar-refractivity contribution in [1.82, 2.24) is 19.7 Å². The van der Waals surface area contributed by atoms with Gasteiger partial charge < -0.3 is 10.1 Å². The van der Waals surface area contributed by atoms with Gasteiger partial charge in [-0.25, -0.2) is 9.97 Å². The van der Waals surface area contributed by atoms with Gasteiger partial charge in [0.1, 0.15) is 12.1 Å². The monoisotopic (exact) mass is 295 g/mol. The Hall–Kier alpha value is -2.47. The standard InChI is InChI=1S/C16H17N5O/c1-2-6-15-14(5-1)16(18-11-17-15)20-12-8-19-21(9-12)10-13-4-3-7-22-13/h1-2,5-6,8-9,11,13H,3-4,7,10H2,(H,17,18,20). The molecule has 112 valence electrons. The fourth-order valence-corrected chi connectivity index (χ4v) is 2.77. The lowest BCUT2D eigenvalue weighted by Gasteiger charge is -2.08. The second kappa shape index (κ2) is 5.73. The van der Waals surface area contributed by atoms with Crippen molar-refractivity contribution in [2.75, 3.05) is 11.9 Å². The number of hydrogen-bond acceptors (Lipinski definition) is 5. The molecule has 0 bridgehead atoms. The Balaban J connectivity index is 1.54. The van der Waals surface area contributed by atoms with E-state index < -0.39 is 0 Å². The molecule has 0 saturated carbocycles. The second-order valence-corrected chi connectivity index (χ2v) is 5.45. The summed E-state index contributed by atoms with van der Waals surface area (Å²) in [5, 5.41) is 8.70. The van der Waals surface area contributed by atoms with Gasteiger partial charge in [0, 0.05) is 18.2 Å². The first kappa shape index (κ1) is 13.2. The number of ether oxygens (including phenoxy) is 1. The van der Waals surface area contributed by atoms with E-state index in [-0.39, 0.29) is 6.10 Å². The molecular formula is C16H17N5O. The molecule has 4 rings (SSSR count). The summed E-state index contributed by atoms with van der Waals surface area (Å²) in [6, 6.07) is 7.94. The molecule has 1 fully saturated rings. The summed E-state index contributed by atoms with van der Waals surface area (Å²) in [6.45, 7) is 1.66. The van der Waals surface area contributed by atoms with Gasteiger partial charge in [0.05, 0.1) is 30.0 Å². The first-order valence-corrected chi connectivity index (χ1v) is 7.49. The Morgan fingerprint density at radius 1 is 1.27 bits per heavy atom. The lowest BCUT2D eigenvalue weighted by Crippen LogP contribution is -2.15. The molecule has 0 amide bonds. The predicted molar refractivity (Wildman–Crippen MR) is 84.0 cm³/mol. The van der Waals surface area contributed by atoms with Crippen LogP contribution in [-0.2, 0) is 11.3 Å². The molecule has 1 unspecified atom stereocenters. The van der Waals surface area contributed by atoms with E-state index in [0.717, 1.165) is 48.4 Å². The zero-order chi connectivity index (χ0) is 14.8. The average molecular weight is 295 g/mol. The first-order chi connectivity index (χ1) is 10.9. The van der Waals surface area contributed by atoms with Gasteiger partial charge >= 0.3 is 0 Å². The van der Waals surface area contributed by atoms with Crippen LogP contribution in [0.3, 0.4) is 0 Å². The molecule has 1 aromatic carbocycles. The van der Waals surface area contributed by atoms with Crippen molar-refractivity contribution < 1.29 is 4.74 Å². The number of hydrogen-bond donors (Lipinski definition) is 1. The molecule has 0 aliphatic carbocycles. The molecule has 1 N–H and O–H groups in total. The van der Waals surface area contributed by atoms with Crippen molar-refractivity contribution in [2.45, 2.75) is 25.5 Å². The fourth-order valence-electron chi connectivity index (χ4n) is 2.77. The topological polar surface area (TPSA) is 64.9 Å². The van der Waals surface area contributed by atoms with E-state index in [4.69, 9.17) is 4.74 Å². The summed E-state index contributed by atoms with van der Waals surface area (Å²) in [5.74, 6) is 0.794. The highest BCUT2D eigenvalue weighted by Crippen LogP contribution is 2.22. The predicted octanol–water partition coefficient (Wildman–Crippen LogP) is 2.75. The van der Waals surface area contributed by atoms with E-state index in [9.17, 15) is 0 Å². The van der Waals surface area contributed by atoms with Crippen molar-refractivity contribution in [3.8, 4) is 0 Å². The SMILES string of the molecule is c1ccc2c(Nc3cnn(CC4CCCO4)c3)ncnc2c1. The fraction of sp³-hybridized carbons (Fsp3) is 0.312. The van der Waals surface area contributed by atoms with Crippen LogP contribution in [0.2, 0.25) is 0 Å². The number of anilines is 2. The lowest BCUT2D eigenvalue weighted by molar-refractivity contribution is 0.0940. The summed E-state index contributed by atoms with van der Waals surface area (Å²) in [5.41, 5.74) is 1.84. The van der Waals surface area contributed by atoms with Gasteiger partial charge in [0.2, 0.25) is 0 Å². The maximum atomic E-state index is 5.64. The van der Waals surface area contributed by atoms with E-state index in [1.807, 2.05) is 41.3 Å². The van der Waals surface area contributed by atoms with Crippen molar-refractivity contribution in [2.24, 2.45) is 0 Å². The third-order valence-electron chi connectivity index (χ3n) is 3.85. The van der Waals surface area contributed by atoms with Crippen LogP contribution in [0, 0.1) is 0 Å². The largest absolute Gasteiger partial charge is 0.376 e. The van der Waals surface area contributed by atoms with Crippen LogP contribution in [-0.4, -0.2) is 32.5 Å². The summed E-state index contributed by atoms with van der Waals surface area (Å²) < 4.78 is 7.56. The van der Waals surface area contributed by atoms with Gasteiger partial charge in [-0.05, 0) is 25.0 Å². The summed E-state index contributed by atoms with van der Waals surface area (Å²) in [6.07, 6.45) is 7.90. The summed E-state index contributed by atoms with van der Waals surface area (Å²) in [7, 11) is 0. The molecule has 0 spiro atoms. The maximum absolute atomic E-state index is 5.64. The summed E-state index contributed by atoms with van der Waals surface area (Å²) in [4.78, 5) is 8.60. The molecule has 6 nitrogen and oxygen atoms in total. The molecule has 6 heteroatoms. The molecule has 22 heavy (non-hydrogen) atoms. The molecular weight excluding hydrogens is 278 g/mol. The highest BCUT2D eigenvalue weighted by atomic mass is 16.5. The molecule has 1 aliphatic rings. The van der Waals surface area contributed by atoms with Gasteiger partial charge in [-0.2, -0.15) is 5.10 Å². The quantitative estimate of drug-likeness (QED) is 0.801. The lowest BCUT2D eigenvalue weighted by atomic mass is 10.2. The minimum absolute atomic E-state index is 0.285. The zero-order valence-electron chi connectivity index (χ0n) is 12.1. The number of benzene rings is 1. The molecule has 1 atom stereocenters. The summed E-state index contributed by atoms with van der Waals surface area (Å²) >= 11 is 0. The number of nitrogens with zero attached hydrogens (tertiary/aromatic N) is 4. The Bertz CT molecular complexity index is 774. The van der Waals surface area contributed by atoms with Gasteiger partial charge in [-0.15, -0.1) is 0 Å². The van der Waals surface area contributed by atoms with Crippen LogP contribution < -0.4 is 5.32 Å². The van der Waals surface area contributed by atoms with Crippen LogP contribution >= 0.6 is 0 Å².